The normalized spacial score (nSPS) is 27.3. The Kier molecular flexibility index (Phi) is 3.50. The van der Waals surface area contributed by atoms with Crippen LogP contribution in [0.3, 0.4) is 0 Å². The van der Waals surface area contributed by atoms with Gasteiger partial charge in [0.1, 0.15) is 5.75 Å². The zero-order chi connectivity index (χ0) is 13.3. The molecular formula is C16H24N2O. The first-order chi connectivity index (χ1) is 9.16. The van der Waals surface area contributed by atoms with E-state index in [0.29, 0.717) is 5.41 Å². The number of nitrogens with one attached hydrogen (secondary N) is 1. The molecule has 1 unspecified atom stereocenters. The number of nitrogens with zero attached hydrogens (tertiary/aromatic N) is 1. The van der Waals surface area contributed by atoms with Gasteiger partial charge in [-0.25, -0.2) is 0 Å². The summed E-state index contributed by atoms with van der Waals surface area (Å²) in [5.41, 5.74) is 3.04. The summed E-state index contributed by atoms with van der Waals surface area (Å²) in [6.07, 6.45) is 2.55. The van der Waals surface area contributed by atoms with Crippen LogP contribution >= 0.6 is 0 Å². The van der Waals surface area contributed by atoms with Crippen LogP contribution in [0, 0.1) is 5.41 Å². The lowest BCUT2D eigenvalue weighted by Gasteiger charge is -2.38. The molecule has 0 radical (unpaired) electrons. The van der Waals surface area contributed by atoms with Crippen molar-refractivity contribution in [1.82, 2.24) is 10.2 Å². The van der Waals surface area contributed by atoms with E-state index >= 15 is 0 Å². The van der Waals surface area contributed by atoms with E-state index in [0.717, 1.165) is 32.0 Å². The molecule has 3 nitrogen and oxygen atoms in total. The van der Waals surface area contributed by atoms with Crippen molar-refractivity contribution in [3.05, 3.63) is 29.3 Å². The molecule has 2 aliphatic heterocycles. The van der Waals surface area contributed by atoms with Crippen LogP contribution in [0.15, 0.2) is 18.2 Å². The molecule has 19 heavy (non-hydrogen) atoms. The molecule has 0 spiro atoms. The Morgan fingerprint density at radius 2 is 2.26 bits per heavy atom. The topological polar surface area (TPSA) is 24.5 Å². The van der Waals surface area contributed by atoms with E-state index in [4.69, 9.17) is 4.74 Å². The first-order valence-electron chi connectivity index (χ1n) is 7.29. The van der Waals surface area contributed by atoms with Gasteiger partial charge in [0, 0.05) is 30.6 Å². The molecule has 0 amide bonds. The summed E-state index contributed by atoms with van der Waals surface area (Å²) in [5, 5.41) is 3.39. The summed E-state index contributed by atoms with van der Waals surface area (Å²) in [6.45, 7) is 7.47. The van der Waals surface area contributed by atoms with Crippen molar-refractivity contribution < 1.29 is 4.74 Å². The minimum absolute atomic E-state index is 0.293. The predicted molar refractivity (Wildman–Crippen MR) is 77.3 cm³/mol. The number of hydrogen-bond donors (Lipinski definition) is 1. The maximum absolute atomic E-state index is 6.17. The van der Waals surface area contributed by atoms with Gasteiger partial charge in [-0.3, -0.25) is 0 Å². The number of fused-ring (bicyclic) bond motifs is 1. The zero-order valence-corrected chi connectivity index (χ0v) is 12.0. The lowest BCUT2D eigenvalue weighted by atomic mass is 9.83. The van der Waals surface area contributed by atoms with Crippen LogP contribution < -0.4 is 10.1 Å². The number of piperidine rings is 1. The highest BCUT2D eigenvalue weighted by atomic mass is 16.5. The van der Waals surface area contributed by atoms with Gasteiger partial charge >= 0.3 is 0 Å². The van der Waals surface area contributed by atoms with E-state index in [1.165, 1.54) is 30.5 Å². The van der Waals surface area contributed by atoms with E-state index in [9.17, 15) is 0 Å². The Morgan fingerprint density at radius 3 is 3.11 bits per heavy atom. The van der Waals surface area contributed by atoms with Crippen molar-refractivity contribution in [3.63, 3.8) is 0 Å². The van der Waals surface area contributed by atoms with Crippen molar-refractivity contribution in [2.45, 2.75) is 32.9 Å². The Bertz CT molecular complexity index is 460. The lowest BCUT2D eigenvalue weighted by molar-refractivity contribution is 0.0697. The number of ether oxygens (including phenoxy) is 1. The van der Waals surface area contributed by atoms with Crippen LogP contribution in [-0.4, -0.2) is 31.6 Å². The van der Waals surface area contributed by atoms with Gasteiger partial charge in [0.15, 0.2) is 0 Å². The van der Waals surface area contributed by atoms with Crippen molar-refractivity contribution >= 4 is 0 Å². The second kappa shape index (κ2) is 5.14. The van der Waals surface area contributed by atoms with Crippen molar-refractivity contribution in [3.8, 4) is 5.75 Å². The Morgan fingerprint density at radius 1 is 1.37 bits per heavy atom. The highest BCUT2D eigenvalue weighted by molar-refractivity contribution is 5.42. The third kappa shape index (κ3) is 2.77. The minimum atomic E-state index is 0.293. The molecule has 1 aromatic rings. The summed E-state index contributed by atoms with van der Waals surface area (Å²) in [7, 11) is 2.21. The van der Waals surface area contributed by atoms with Crippen LogP contribution in [0.4, 0.5) is 0 Å². The van der Waals surface area contributed by atoms with E-state index < -0.39 is 0 Å². The van der Waals surface area contributed by atoms with Gasteiger partial charge < -0.3 is 15.0 Å². The molecule has 0 saturated carbocycles. The molecule has 3 heteroatoms. The molecule has 104 valence electrons. The fourth-order valence-electron chi connectivity index (χ4n) is 3.39. The number of benzene rings is 1. The second-order valence-corrected chi connectivity index (χ2v) is 6.44. The Balaban J connectivity index is 1.68. The SMILES string of the molecule is CN1CCCC(C)(COc2cccc3c2CNC3)C1. The average molecular weight is 260 g/mol. The van der Waals surface area contributed by atoms with Gasteiger partial charge in [0.2, 0.25) is 0 Å². The average Bonchev–Trinajstić information content (AvgIpc) is 2.85. The van der Waals surface area contributed by atoms with E-state index in [1.807, 2.05) is 0 Å². The van der Waals surface area contributed by atoms with Gasteiger partial charge in [-0.05, 0) is 38.1 Å². The molecule has 1 saturated heterocycles. The fourth-order valence-corrected chi connectivity index (χ4v) is 3.39. The molecular weight excluding hydrogens is 236 g/mol. The minimum Gasteiger partial charge on any atom is -0.493 e. The lowest BCUT2D eigenvalue weighted by Crippen LogP contribution is -2.42. The summed E-state index contributed by atoms with van der Waals surface area (Å²) in [4.78, 5) is 2.42. The summed E-state index contributed by atoms with van der Waals surface area (Å²) in [6, 6.07) is 6.41. The molecule has 1 aromatic carbocycles. The van der Waals surface area contributed by atoms with Crippen LogP contribution in [0.25, 0.3) is 0 Å². The zero-order valence-electron chi connectivity index (χ0n) is 12.0. The third-order valence-electron chi connectivity index (χ3n) is 4.40. The Hall–Kier alpha value is -1.06. The van der Waals surface area contributed by atoms with Crippen molar-refractivity contribution in [1.29, 1.82) is 0 Å². The monoisotopic (exact) mass is 260 g/mol. The number of likely N-dealkylation sites (tertiary alicyclic amines) is 1. The molecule has 3 rings (SSSR count). The number of hydrogen-bond acceptors (Lipinski definition) is 3. The number of rotatable bonds is 3. The van der Waals surface area contributed by atoms with Gasteiger partial charge in [0.25, 0.3) is 0 Å². The summed E-state index contributed by atoms with van der Waals surface area (Å²) in [5.74, 6) is 1.08. The van der Waals surface area contributed by atoms with Gasteiger partial charge in [0.05, 0.1) is 6.61 Å². The largest absolute Gasteiger partial charge is 0.493 e. The summed E-state index contributed by atoms with van der Waals surface area (Å²) >= 11 is 0. The molecule has 2 aliphatic rings. The van der Waals surface area contributed by atoms with Crippen LogP contribution in [0.2, 0.25) is 0 Å². The van der Waals surface area contributed by atoms with E-state index in [-0.39, 0.29) is 0 Å². The molecule has 0 aliphatic carbocycles. The van der Waals surface area contributed by atoms with Crippen LogP contribution in [-0.2, 0) is 13.1 Å². The van der Waals surface area contributed by atoms with Crippen molar-refractivity contribution in [2.75, 3.05) is 26.7 Å². The van der Waals surface area contributed by atoms with E-state index in [2.05, 4.69) is 42.4 Å². The molecule has 0 bridgehead atoms. The van der Waals surface area contributed by atoms with Crippen LogP contribution in [0.1, 0.15) is 30.9 Å². The molecule has 1 N–H and O–H groups in total. The molecule has 1 atom stereocenters. The van der Waals surface area contributed by atoms with Gasteiger partial charge in [-0.2, -0.15) is 0 Å². The van der Waals surface area contributed by atoms with E-state index in [1.54, 1.807) is 0 Å². The first kappa shape index (κ1) is 12.9. The fraction of sp³-hybridized carbons (Fsp3) is 0.625. The van der Waals surface area contributed by atoms with Crippen molar-refractivity contribution in [2.24, 2.45) is 5.41 Å². The van der Waals surface area contributed by atoms with Gasteiger partial charge in [-0.15, -0.1) is 0 Å². The standard InChI is InChI=1S/C16H24N2O/c1-16(7-4-8-18(2)11-16)12-19-15-6-3-5-13-9-17-10-14(13)15/h3,5-6,17H,4,7-12H2,1-2H3. The van der Waals surface area contributed by atoms with Crippen LogP contribution in [0.5, 0.6) is 5.75 Å². The maximum Gasteiger partial charge on any atom is 0.124 e. The summed E-state index contributed by atoms with van der Waals surface area (Å²) < 4.78 is 6.17. The highest BCUT2D eigenvalue weighted by Crippen LogP contribution is 2.32. The first-order valence-corrected chi connectivity index (χ1v) is 7.29. The second-order valence-electron chi connectivity index (χ2n) is 6.44. The quantitative estimate of drug-likeness (QED) is 0.903. The maximum atomic E-state index is 6.17. The molecule has 1 fully saturated rings. The van der Waals surface area contributed by atoms with Gasteiger partial charge in [-0.1, -0.05) is 19.1 Å². The molecule has 0 aromatic heterocycles. The predicted octanol–water partition coefficient (Wildman–Crippen LogP) is 2.40. The Labute approximate surface area is 115 Å². The third-order valence-corrected chi connectivity index (χ3v) is 4.40. The smallest absolute Gasteiger partial charge is 0.124 e. The highest BCUT2D eigenvalue weighted by Gasteiger charge is 2.30. The molecule has 2 heterocycles.